The summed E-state index contributed by atoms with van der Waals surface area (Å²) < 4.78 is 12.1. The average molecular weight is 519 g/mol. The lowest BCUT2D eigenvalue weighted by atomic mass is 9.44. The third-order valence-corrected chi connectivity index (χ3v) is 11.7. The zero-order chi connectivity index (χ0) is 26.8. The van der Waals surface area contributed by atoms with E-state index < -0.39 is 29.1 Å². The maximum absolute atomic E-state index is 13.6. The summed E-state index contributed by atoms with van der Waals surface area (Å²) in [5.41, 5.74) is -1.58. The van der Waals surface area contributed by atoms with Gasteiger partial charge in [0.1, 0.15) is 11.9 Å². The molecule has 5 fully saturated rings. The summed E-state index contributed by atoms with van der Waals surface area (Å²) in [6.45, 7) is 13.8. The Morgan fingerprint density at radius 2 is 1.92 bits per heavy atom. The third kappa shape index (κ3) is 4.17. The molecule has 2 amide bonds. The molecular weight excluding hydrogens is 472 g/mol. The fourth-order valence-electron chi connectivity index (χ4n) is 9.27. The lowest BCUT2D eigenvalue weighted by molar-refractivity contribution is -0.205. The number of rotatable bonds is 5. The normalized spacial score (nSPS) is 48.8. The number of ether oxygens (including phenoxy) is 2. The molecule has 4 bridgehead atoms. The molecule has 0 spiro atoms. The quantitative estimate of drug-likeness (QED) is 0.575. The minimum atomic E-state index is -0.732. The lowest BCUT2D eigenvalue weighted by Gasteiger charge is -2.62. The van der Waals surface area contributed by atoms with Crippen LogP contribution in [0.15, 0.2) is 0 Å². The summed E-state index contributed by atoms with van der Waals surface area (Å²) >= 11 is 0. The van der Waals surface area contributed by atoms with E-state index in [1.165, 1.54) is 0 Å². The molecule has 0 aromatic carbocycles. The molecule has 37 heavy (non-hydrogen) atoms. The van der Waals surface area contributed by atoms with Crippen LogP contribution in [0, 0.1) is 45.8 Å². The molecule has 8 heteroatoms. The molecule has 3 unspecified atom stereocenters. The van der Waals surface area contributed by atoms with Crippen molar-refractivity contribution in [3.8, 4) is 0 Å². The lowest BCUT2D eigenvalue weighted by Crippen LogP contribution is -2.64. The van der Waals surface area contributed by atoms with Gasteiger partial charge in [0.15, 0.2) is 0 Å². The van der Waals surface area contributed by atoms with Crippen LogP contribution >= 0.6 is 0 Å². The highest BCUT2D eigenvalue weighted by Gasteiger charge is 2.68. The van der Waals surface area contributed by atoms with Gasteiger partial charge >= 0.3 is 6.09 Å². The standard InChI is InChI=1S/C29H46N2O6/c1-6-36-16-27(4)13-22(37-26(35)30-25(34)20-15-31-12-9-19(20)14-31)28(5)17(2)7-10-29(18(3)24(27)33)11-8-21(32)23(28)29/h17-20,22-24,33H,6-16H2,1-5H3,(H,30,34,35)/t17-,18+,19-,20+,22-,23?,24+,27+,28+,29?/m1/s1. The smallest absolute Gasteiger partial charge is 0.414 e. The number of hydrogen-bond acceptors (Lipinski definition) is 7. The van der Waals surface area contributed by atoms with Gasteiger partial charge in [-0.2, -0.15) is 0 Å². The molecular formula is C29H46N2O6. The number of ketones is 1. The predicted octanol–water partition coefficient (Wildman–Crippen LogP) is 3.40. The summed E-state index contributed by atoms with van der Waals surface area (Å²) in [6.07, 6.45) is 2.37. The number of fused-ring (bicyclic) bond motifs is 2. The van der Waals surface area contributed by atoms with Gasteiger partial charge in [0, 0.05) is 42.9 Å². The zero-order valence-corrected chi connectivity index (χ0v) is 23.3. The number of Topliss-reactive ketones (excluding diaryl/α,β-unsaturated/α-hetero) is 1. The van der Waals surface area contributed by atoms with Crippen LogP contribution in [0.25, 0.3) is 0 Å². The molecule has 8 nitrogen and oxygen atoms in total. The zero-order valence-electron chi connectivity index (χ0n) is 23.3. The van der Waals surface area contributed by atoms with Crippen molar-refractivity contribution in [3.63, 3.8) is 0 Å². The Labute approximate surface area is 221 Å². The third-order valence-electron chi connectivity index (χ3n) is 11.7. The van der Waals surface area contributed by atoms with Gasteiger partial charge in [-0.3, -0.25) is 14.9 Å². The first-order valence-electron chi connectivity index (χ1n) is 14.5. The molecule has 2 N–H and O–H groups in total. The molecule has 5 rings (SSSR count). The van der Waals surface area contributed by atoms with E-state index in [2.05, 4.69) is 31.0 Å². The number of hydrogen-bond donors (Lipinski definition) is 2. The van der Waals surface area contributed by atoms with Crippen molar-refractivity contribution in [1.82, 2.24) is 10.2 Å². The van der Waals surface area contributed by atoms with Crippen LogP contribution in [0.2, 0.25) is 0 Å². The van der Waals surface area contributed by atoms with E-state index in [1.807, 2.05) is 13.8 Å². The van der Waals surface area contributed by atoms with Gasteiger partial charge in [0.2, 0.25) is 5.91 Å². The van der Waals surface area contributed by atoms with E-state index in [4.69, 9.17) is 9.47 Å². The Hall–Kier alpha value is -1.51. The van der Waals surface area contributed by atoms with Crippen LogP contribution in [0.5, 0.6) is 0 Å². The van der Waals surface area contributed by atoms with E-state index in [0.717, 1.165) is 38.8 Å². The first kappa shape index (κ1) is 27.1. The largest absolute Gasteiger partial charge is 0.445 e. The number of carbonyl (C=O) groups excluding carboxylic acids is 3. The summed E-state index contributed by atoms with van der Waals surface area (Å²) in [5.74, 6) is -0.129. The first-order valence-corrected chi connectivity index (χ1v) is 14.5. The van der Waals surface area contributed by atoms with Crippen molar-refractivity contribution < 1.29 is 29.0 Å². The number of amides is 2. The van der Waals surface area contributed by atoms with Crippen molar-refractivity contribution >= 4 is 17.8 Å². The number of aliphatic hydroxyl groups excluding tert-OH is 1. The van der Waals surface area contributed by atoms with Gasteiger partial charge in [-0.1, -0.05) is 27.7 Å². The molecule has 11 atom stereocenters. The number of imide groups is 1. The summed E-state index contributed by atoms with van der Waals surface area (Å²) in [5, 5.41) is 14.4. The summed E-state index contributed by atoms with van der Waals surface area (Å²) in [4.78, 5) is 42.1. The second kappa shape index (κ2) is 9.60. The Morgan fingerprint density at radius 3 is 2.57 bits per heavy atom. The Balaban J connectivity index is 1.46. The van der Waals surface area contributed by atoms with Gasteiger partial charge in [0.25, 0.3) is 0 Å². The minimum Gasteiger partial charge on any atom is -0.445 e. The average Bonchev–Trinajstić information content (AvgIpc) is 3.59. The van der Waals surface area contributed by atoms with Crippen LogP contribution in [0.1, 0.15) is 73.1 Å². The van der Waals surface area contributed by atoms with Gasteiger partial charge in [0.05, 0.1) is 18.6 Å². The first-order chi connectivity index (χ1) is 17.5. The molecule has 0 radical (unpaired) electrons. The maximum Gasteiger partial charge on any atom is 0.414 e. The monoisotopic (exact) mass is 518 g/mol. The molecule has 3 saturated carbocycles. The van der Waals surface area contributed by atoms with Crippen molar-refractivity contribution in [2.24, 2.45) is 45.8 Å². The number of alkyl carbamates (subject to hydrolysis) is 1. The van der Waals surface area contributed by atoms with E-state index in [1.54, 1.807) is 0 Å². The Kier molecular flexibility index (Phi) is 7.02. The number of piperidine rings is 1. The summed E-state index contributed by atoms with van der Waals surface area (Å²) in [7, 11) is 0. The molecule has 2 aliphatic heterocycles. The molecule has 0 aromatic heterocycles. The van der Waals surface area contributed by atoms with E-state index in [0.29, 0.717) is 38.5 Å². The van der Waals surface area contributed by atoms with Gasteiger partial charge in [-0.05, 0) is 68.7 Å². The second-order valence-electron chi connectivity index (χ2n) is 13.5. The number of nitrogens with one attached hydrogen (secondary N) is 1. The van der Waals surface area contributed by atoms with Gasteiger partial charge in [-0.25, -0.2) is 4.79 Å². The van der Waals surface area contributed by atoms with Crippen LogP contribution < -0.4 is 5.32 Å². The molecule has 5 aliphatic rings. The minimum absolute atomic E-state index is 0.0784. The topological polar surface area (TPSA) is 105 Å². The van der Waals surface area contributed by atoms with Gasteiger partial charge < -0.3 is 19.5 Å². The van der Waals surface area contributed by atoms with E-state index >= 15 is 0 Å². The van der Waals surface area contributed by atoms with E-state index in [-0.39, 0.29) is 40.8 Å². The second-order valence-corrected chi connectivity index (χ2v) is 13.5. The van der Waals surface area contributed by atoms with Crippen LogP contribution in [-0.2, 0) is 19.1 Å². The van der Waals surface area contributed by atoms with E-state index in [9.17, 15) is 19.5 Å². The van der Waals surface area contributed by atoms with Crippen molar-refractivity contribution in [1.29, 1.82) is 0 Å². The number of aliphatic hydroxyl groups is 1. The van der Waals surface area contributed by atoms with Crippen LogP contribution in [-0.4, -0.2) is 72.8 Å². The molecule has 2 saturated heterocycles. The summed E-state index contributed by atoms with van der Waals surface area (Å²) in [6, 6.07) is 0. The fraction of sp³-hybridized carbons (Fsp3) is 0.897. The number of carbonyl (C=O) groups is 3. The molecule has 2 heterocycles. The maximum atomic E-state index is 13.6. The van der Waals surface area contributed by atoms with Crippen molar-refractivity contribution in [3.05, 3.63) is 0 Å². The molecule has 0 aromatic rings. The Bertz CT molecular complexity index is 941. The highest BCUT2D eigenvalue weighted by atomic mass is 16.6. The highest BCUT2D eigenvalue weighted by molar-refractivity contribution is 5.93. The number of nitrogens with zero attached hydrogens (tertiary/aromatic N) is 1. The Morgan fingerprint density at radius 1 is 1.16 bits per heavy atom. The van der Waals surface area contributed by atoms with Crippen LogP contribution in [0.3, 0.4) is 0 Å². The SMILES string of the molecule is CCOC[C@]1(C)C[C@@H](OC(=O)NC(=O)[C@H]2CN3CC[C@@H]2C3)[C@@]2(C)C3C(=O)CCC3(CC[C@H]2C)[C@@H](C)[C@@H]1O. The fourth-order valence-corrected chi connectivity index (χ4v) is 9.27. The molecule has 208 valence electrons. The highest BCUT2D eigenvalue weighted by Crippen LogP contribution is 2.67. The van der Waals surface area contributed by atoms with Crippen molar-refractivity contribution in [2.45, 2.75) is 85.4 Å². The predicted molar refractivity (Wildman–Crippen MR) is 138 cm³/mol. The van der Waals surface area contributed by atoms with Gasteiger partial charge in [-0.15, -0.1) is 0 Å². The van der Waals surface area contributed by atoms with Crippen LogP contribution in [0.4, 0.5) is 4.79 Å². The molecule has 3 aliphatic carbocycles. The van der Waals surface area contributed by atoms with Crippen molar-refractivity contribution in [2.75, 3.05) is 32.8 Å².